The van der Waals surface area contributed by atoms with Gasteiger partial charge in [0.15, 0.2) is 9.84 Å². The van der Waals surface area contributed by atoms with Crippen LogP contribution in [0.25, 0.3) is 0 Å². The quantitative estimate of drug-likeness (QED) is 0.786. The number of rotatable bonds is 5. The average molecular weight is 364 g/mol. The van der Waals surface area contributed by atoms with Crippen LogP contribution in [0.15, 0.2) is 24.3 Å². The van der Waals surface area contributed by atoms with E-state index in [2.05, 4.69) is 5.32 Å². The van der Waals surface area contributed by atoms with Gasteiger partial charge in [-0.3, -0.25) is 9.10 Å². The maximum absolute atomic E-state index is 13.8. The fourth-order valence-electron chi connectivity index (χ4n) is 2.35. The third kappa shape index (κ3) is 4.64. The third-order valence-electron chi connectivity index (χ3n) is 3.41. The number of hydrogen-bond acceptors (Lipinski definition) is 5. The topological polar surface area (TPSA) is 101 Å². The lowest BCUT2D eigenvalue weighted by molar-refractivity contribution is -0.120. The van der Waals surface area contributed by atoms with Crippen LogP contribution >= 0.6 is 0 Å². The molecule has 2 rings (SSSR count). The number of nitrogens with one attached hydrogen (secondary N) is 1. The van der Waals surface area contributed by atoms with E-state index in [1.54, 1.807) is 0 Å². The van der Waals surface area contributed by atoms with Crippen molar-refractivity contribution in [2.24, 2.45) is 0 Å². The summed E-state index contributed by atoms with van der Waals surface area (Å²) in [5, 5.41) is 2.48. The van der Waals surface area contributed by atoms with Crippen molar-refractivity contribution in [2.75, 3.05) is 28.6 Å². The van der Waals surface area contributed by atoms with Gasteiger partial charge in [-0.1, -0.05) is 12.1 Å². The number of carbonyl (C=O) groups excluding carboxylic acids is 1. The number of halogens is 1. The minimum atomic E-state index is -3.88. The number of amides is 1. The van der Waals surface area contributed by atoms with Gasteiger partial charge in [0, 0.05) is 6.04 Å². The number of hydrogen-bond donors (Lipinski definition) is 1. The Morgan fingerprint density at radius 1 is 1.39 bits per heavy atom. The third-order valence-corrected chi connectivity index (χ3v) is 6.30. The van der Waals surface area contributed by atoms with Crippen LogP contribution in [0.5, 0.6) is 0 Å². The van der Waals surface area contributed by atoms with Crippen LogP contribution in [0, 0.1) is 5.82 Å². The zero-order chi connectivity index (χ0) is 17.3. The van der Waals surface area contributed by atoms with Crippen LogP contribution < -0.4 is 9.62 Å². The molecule has 0 radical (unpaired) electrons. The van der Waals surface area contributed by atoms with Crippen LogP contribution in [-0.2, 0) is 24.7 Å². The highest BCUT2D eigenvalue weighted by atomic mass is 32.2. The molecule has 10 heteroatoms. The van der Waals surface area contributed by atoms with Gasteiger partial charge < -0.3 is 5.32 Å². The van der Waals surface area contributed by atoms with Crippen LogP contribution in [0.2, 0.25) is 0 Å². The maximum Gasteiger partial charge on any atom is 0.241 e. The van der Waals surface area contributed by atoms with Crippen LogP contribution in [0.3, 0.4) is 0 Å². The van der Waals surface area contributed by atoms with E-state index in [4.69, 9.17) is 0 Å². The summed E-state index contributed by atoms with van der Waals surface area (Å²) in [4.78, 5) is 12.0. The first kappa shape index (κ1) is 17.7. The minimum Gasteiger partial charge on any atom is -0.351 e. The van der Waals surface area contributed by atoms with Crippen molar-refractivity contribution in [1.82, 2.24) is 5.32 Å². The van der Waals surface area contributed by atoms with Crippen LogP contribution in [0.1, 0.15) is 6.42 Å². The van der Waals surface area contributed by atoms with Gasteiger partial charge in [-0.2, -0.15) is 0 Å². The molecule has 0 bridgehead atoms. The summed E-state index contributed by atoms with van der Waals surface area (Å²) in [6.45, 7) is -0.615. The van der Waals surface area contributed by atoms with Gasteiger partial charge in [0.2, 0.25) is 15.9 Å². The molecule has 1 aromatic carbocycles. The zero-order valence-corrected chi connectivity index (χ0v) is 14.0. The second kappa shape index (κ2) is 6.44. The molecule has 1 aliphatic heterocycles. The second-order valence-corrected chi connectivity index (χ2v) is 9.52. The van der Waals surface area contributed by atoms with Crippen molar-refractivity contribution < 1.29 is 26.0 Å². The van der Waals surface area contributed by atoms with Crippen LogP contribution in [0.4, 0.5) is 10.1 Å². The van der Waals surface area contributed by atoms with Crippen LogP contribution in [-0.4, -0.2) is 53.1 Å². The highest BCUT2D eigenvalue weighted by Crippen LogP contribution is 2.21. The molecule has 23 heavy (non-hydrogen) atoms. The monoisotopic (exact) mass is 364 g/mol. The molecule has 1 aliphatic rings. The van der Waals surface area contributed by atoms with Gasteiger partial charge in [0.05, 0.1) is 23.4 Å². The van der Waals surface area contributed by atoms with E-state index < -0.39 is 44.2 Å². The lowest BCUT2D eigenvalue weighted by Crippen LogP contribution is -2.44. The number of para-hydroxylation sites is 1. The largest absolute Gasteiger partial charge is 0.351 e. The Hall–Kier alpha value is -1.68. The molecule has 1 N–H and O–H groups in total. The fraction of sp³-hybridized carbons (Fsp3) is 0.462. The highest BCUT2D eigenvalue weighted by Gasteiger charge is 2.30. The highest BCUT2D eigenvalue weighted by molar-refractivity contribution is 7.92. The lowest BCUT2D eigenvalue weighted by Gasteiger charge is -2.23. The molecule has 0 spiro atoms. The molecule has 1 saturated heterocycles. The van der Waals surface area contributed by atoms with Crippen molar-refractivity contribution in [3.63, 3.8) is 0 Å². The van der Waals surface area contributed by atoms with E-state index in [1.165, 1.54) is 18.2 Å². The Bertz CT molecular complexity index is 807. The predicted octanol–water partition coefficient (Wildman–Crippen LogP) is -0.105. The van der Waals surface area contributed by atoms with Gasteiger partial charge >= 0.3 is 0 Å². The number of sulfone groups is 1. The summed E-state index contributed by atoms with van der Waals surface area (Å²) in [5.41, 5.74) is -0.232. The summed E-state index contributed by atoms with van der Waals surface area (Å²) < 4.78 is 60.9. The van der Waals surface area contributed by atoms with Crippen molar-refractivity contribution in [1.29, 1.82) is 0 Å². The first-order chi connectivity index (χ1) is 10.6. The molecule has 1 amide bonds. The summed E-state index contributed by atoms with van der Waals surface area (Å²) >= 11 is 0. The van der Waals surface area contributed by atoms with E-state index in [9.17, 15) is 26.0 Å². The Morgan fingerprint density at radius 3 is 2.57 bits per heavy atom. The molecule has 1 fully saturated rings. The number of carbonyl (C=O) groups is 1. The zero-order valence-electron chi connectivity index (χ0n) is 12.4. The smallest absolute Gasteiger partial charge is 0.241 e. The van der Waals surface area contributed by atoms with Gasteiger partial charge in [-0.15, -0.1) is 0 Å². The molecule has 1 aromatic rings. The molecule has 1 unspecified atom stereocenters. The minimum absolute atomic E-state index is 0.0128. The summed E-state index contributed by atoms with van der Waals surface area (Å²) in [7, 11) is -7.04. The maximum atomic E-state index is 13.8. The number of anilines is 1. The summed E-state index contributed by atoms with van der Waals surface area (Å²) in [6.07, 6.45) is 1.15. The second-order valence-electron chi connectivity index (χ2n) is 5.39. The first-order valence-electron chi connectivity index (χ1n) is 6.80. The van der Waals surface area contributed by atoms with Crippen molar-refractivity contribution in [3.8, 4) is 0 Å². The molecular weight excluding hydrogens is 347 g/mol. The fourth-order valence-corrected chi connectivity index (χ4v) is 4.88. The lowest BCUT2D eigenvalue weighted by atomic mass is 10.2. The molecule has 0 aliphatic carbocycles. The van der Waals surface area contributed by atoms with Gasteiger partial charge in [0.25, 0.3) is 0 Å². The molecule has 7 nitrogen and oxygen atoms in total. The van der Waals surface area contributed by atoms with Gasteiger partial charge in [-0.25, -0.2) is 21.2 Å². The van der Waals surface area contributed by atoms with Crippen molar-refractivity contribution >= 4 is 31.5 Å². The first-order valence-corrected chi connectivity index (χ1v) is 10.5. The Kier molecular flexibility index (Phi) is 4.95. The van der Waals surface area contributed by atoms with E-state index >= 15 is 0 Å². The molecule has 128 valence electrons. The molecule has 0 saturated carbocycles. The van der Waals surface area contributed by atoms with Gasteiger partial charge in [-0.05, 0) is 18.6 Å². The Balaban J connectivity index is 2.13. The van der Waals surface area contributed by atoms with Gasteiger partial charge in [0.1, 0.15) is 12.4 Å². The number of sulfonamides is 1. The van der Waals surface area contributed by atoms with E-state index in [0.717, 1.165) is 12.3 Å². The SMILES string of the molecule is CS(=O)(=O)N(CC(=O)NC1CCS(=O)(=O)C1)c1ccccc1F. The number of benzene rings is 1. The summed E-state index contributed by atoms with van der Waals surface area (Å²) in [5.74, 6) is -1.63. The molecule has 1 atom stereocenters. The van der Waals surface area contributed by atoms with E-state index in [0.29, 0.717) is 4.31 Å². The molecular formula is C13H17FN2O5S2. The Labute approximate surface area is 134 Å². The normalized spacial score (nSPS) is 20.2. The Morgan fingerprint density at radius 2 is 2.04 bits per heavy atom. The summed E-state index contributed by atoms with van der Waals surface area (Å²) in [6, 6.07) is 4.66. The number of nitrogens with zero attached hydrogens (tertiary/aromatic N) is 1. The van der Waals surface area contributed by atoms with Crippen molar-refractivity contribution in [3.05, 3.63) is 30.1 Å². The van der Waals surface area contributed by atoms with Crippen molar-refractivity contribution in [2.45, 2.75) is 12.5 Å². The molecule has 1 heterocycles. The predicted molar refractivity (Wildman–Crippen MR) is 83.8 cm³/mol. The standard InChI is InChI=1S/C13H17FN2O5S2/c1-22(18,19)16(12-5-3-2-4-11(12)14)8-13(17)15-10-6-7-23(20,21)9-10/h2-5,10H,6-9H2,1H3,(H,15,17). The average Bonchev–Trinajstić information content (AvgIpc) is 2.75. The van der Waals surface area contributed by atoms with E-state index in [-0.39, 0.29) is 23.6 Å². The molecule has 0 aromatic heterocycles. The van der Waals surface area contributed by atoms with E-state index in [1.807, 2.05) is 0 Å².